The summed E-state index contributed by atoms with van der Waals surface area (Å²) >= 11 is 0. The number of carbonyl (C=O) groups excluding carboxylic acids is 1. The van der Waals surface area contributed by atoms with Crippen LogP contribution < -0.4 is 10.1 Å². The predicted molar refractivity (Wildman–Crippen MR) is 124 cm³/mol. The Bertz CT molecular complexity index is 1150. The van der Waals surface area contributed by atoms with E-state index < -0.39 is 0 Å². The maximum Gasteiger partial charge on any atom is 0.220 e. The monoisotopic (exact) mass is 447 g/mol. The van der Waals surface area contributed by atoms with Gasteiger partial charge in [-0.25, -0.2) is 0 Å². The van der Waals surface area contributed by atoms with Crippen molar-refractivity contribution >= 4 is 5.91 Å². The van der Waals surface area contributed by atoms with Crippen molar-refractivity contribution in [1.82, 2.24) is 15.1 Å². The Labute approximate surface area is 193 Å². The van der Waals surface area contributed by atoms with Crippen molar-refractivity contribution in [3.05, 3.63) is 66.0 Å². The number of ether oxygens (including phenoxy) is 2. The van der Waals surface area contributed by atoms with Gasteiger partial charge in [0.1, 0.15) is 17.1 Å². The minimum absolute atomic E-state index is 0.0130. The molecule has 7 heteroatoms. The molecule has 2 aliphatic rings. The number of phenols is 1. The Morgan fingerprint density at radius 3 is 2.76 bits per heavy atom. The van der Waals surface area contributed by atoms with Crippen LogP contribution in [0, 0.1) is 0 Å². The lowest BCUT2D eigenvalue weighted by Gasteiger charge is -2.44. The van der Waals surface area contributed by atoms with E-state index in [9.17, 15) is 9.90 Å². The Balaban J connectivity index is 1.41. The van der Waals surface area contributed by atoms with Crippen LogP contribution in [-0.2, 0) is 23.0 Å². The SMILES string of the molecule is Cn1nccc1CCC(=O)NC1CC2(CCOCC2)Oc2ccc(-c3cccc(O)c3)cc21. The van der Waals surface area contributed by atoms with Crippen LogP contribution in [0.3, 0.4) is 0 Å². The van der Waals surface area contributed by atoms with Gasteiger partial charge in [-0.3, -0.25) is 9.48 Å². The molecule has 3 aromatic rings. The third-order valence-corrected chi connectivity index (χ3v) is 6.74. The zero-order valence-corrected chi connectivity index (χ0v) is 18.8. The maximum atomic E-state index is 13.0. The van der Waals surface area contributed by atoms with Crippen LogP contribution in [0.4, 0.5) is 0 Å². The van der Waals surface area contributed by atoms with E-state index in [4.69, 9.17) is 9.47 Å². The number of phenolic OH excluding ortho intramolecular Hbond substituents is 1. The second kappa shape index (κ2) is 8.90. The van der Waals surface area contributed by atoms with Crippen molar-refractivity contribution in [2.45, 2.75) is 43.7 Å². The summed E-state index contributed by atoms with van der Waals surface area (Å²) in [6.45, 7) is 1.33. The van der Waals surface area contributed by atoms with E-state index in [-0.39, 0.29) is 23.3 Å². The van der Waals surface area contributed by atoms with Crippen LogP contribution in [0.15, 0.2) is 54.7 Å². The van der Waals surface area contributed by atoms with Crippen LogP contribution in [0.1, 0.15) is 43.0 Å². The van der Waals surface area contributed by atoms with Gasteiger partial charge < -0.3 is 19.9 Å². The number of carbonyl (C=O) groups is 1. The van der Waals surface area contributed by atoms with Crippen LogP contribution in [0.5, 0.6) is 11.5 Å². The smallest absolute Gasteiger partial charge is 0.220 e. The lowest BCUT2D eigenvalue weighted by atomic mass is 9.81. The molecule has 2 aliphatic heterocycles. The van der Waals surface area contributed by atoms with Crippen molar-refractivity contribution in [2.24, 2.45) is 7.05 Å². The third-order valence-electron chi connectivity index (χ3n) is 6.74. The van der Waals surface area contributed by atoms with Crippen molar-refractivity contribution in [2.75, 3.05) is 13.2 Å². The molecule has 172 valence electrons. The summed E-state index contributed by atoms with van der Waals surface area (Å²) in [6, 6.07) is 15.0. The average molecular weight is 448 g/mol. The van der Waals surface area contributed by atoms with Gasteiger partial charge in [-0.2, -0.15) is 5.10 Å². The second-order valence-corrected chi connectivity index (χ2v) is 8.97. The quantitative estimate of drug-likeness (QED) is 0.619. The lowest BCUT2D eigenvalue weighted by Crippen LogP contribution is -2.48. The van der Waals surface area contributed by atoms with E-state index in [0.29, 0.717) is 32.5 Å². The number of amides is 1. The molecule has 3 heterocycles. The van der Waals surface area contributed by atoms with Gasteiger partial charge in [-0.05, 0) is 47.9 Å². The van der Waals surface area contributed by atoms with Crippen LogP contribution >= 0.6 is 0 Å². The molecule has 1 unspecified atom stereocenters. The van der Waals surface area contributed by atoms with Crippen LogP contribution in [-0.4, -0.2) is 39.6 Å². The molecule has 0 saturated carbocycles. The first kappa shape index (κ1) is 21.5. The van der Waals surface area contributed by atoms with Gasteiger partial charge in [-0.1, -0.05) is 18.2 Å². The Kier molecular flexibility index (Phi) is 5.81. The minimum Gasteiger partial charge on any atom is -0.508 e. The first-order chi connectivity index (χ1) is 16.0. The molecule has 2 N–H and O–H groups in total. The molecular weight excluding hydrogens is 418 g/mol. The number of benzene rings is 2. The standard InChI is InChI=1S/C26H29N3O4/c1-29-20(9-12-27-29)6-8-25(31)28-23-17-26(10-13-32-14-11-26)33-24-7-5-19(16-22(23)24)18-3-2-4-21(30)15-18/h2-5,7,9,12,15-16,23,30H,6,8,10-11,13-14,17H2,1H3,(H,28,31). The molecule has 2 aromatic carbocycles. The zero-order valence-electron chi connectivity index (χ0n) is 18.8. The Morgan fingerprint density at radius 1 is 1.18 bits per heavy atom. The number of rotatable bonds is 5. The molecule has 1 fully saturated rings. The van der Waals surface area contributed by atoms with Crippen LogP contribution in [0.25, 0.3) is 11.1 Å². The number of aryl methyl sites for hydroxylation is 2. The van der Waals surface area contributed by atoms with Gasteiger partial charge in [0.2, 0.25) is 5.91 Å². The number of nitrogens with one attached hydrogen (secondary N) is 1. The minimum atomic E-state index is -0.322. The molecule has 1 aromatic heterocycles. The zero-order chi connectivity index (χ0) is 22.8. The van der Waals surface area contributed by atoms with E-state index in [1.807, 2.05) is 37.4 Å². The number of nitrogens with zero attached hydrogens (tertiary/aromatic N) is 2. The van der Waals surface area contributed by atoms with Gasteiger partial charge in [0.15, 0.2) is 0 Å². The summed E-state index contributed by atoms with van der Waals surface area (Å²) in [5, 5.41) is 17.4. The third kappa shape index (κ3) is 4.59. The molecule has 7 nitrogen and oxygen atoms in total. The fourth-order valence-electron chi connectivity index (χ4n) is 4.87. The molecular formula is C26H29N3O4. The summed E-state index contributed by atoms with van der Waals surface area (Å²) < 4.78 is 13.9. The van der Waals surface area contributed by atoms with Crippen molar-refractivity contribution in [3.63, 3.8) is 0 Å². The summed E-state index contributed by atoms with van der Waals surface area (Å²) in [6.07, 6.45) is 5.11. The van der Waals surface area contributed by atoms with Crippen molar-refractivity contribution < 1.29 is 19.4 Å². The maximum absolute atomic E-state index is 13.0. The predicted octanol–water partition coefficient (Wildman–Crippen LogP) is 3.91. The molecule has 1 saturated heterocycles. The van der Waals surface area contributed by atoms with Gasteiger partial charge in [0.05, 0.1) is 19.3 Å². The molecule has 1 atom stereocenters. The highest BCUT2D eigenvalue weighted by Crippen LogP contribution is 2.45. The second-order valence-electron chi connectivity index (χ2n) is 8.97. The van der Waals surface area contributed by atoms with E-state index in [1.165, 1.54) is 0 Å². The topological polar surface area (TPSA) is 85.6 Å². The van der Waals surface area contributed by atoms with Crippen LogP contribution in [0.2, 0.25) is 0 Å². The molecule has 0 aliphatic carbocycles. The van der Waals surface area contributed by atoms with Gasteiger partial charge in [0.25, 0.3) is 0 Å². The van der Waals surface area contributed by atoms with E-state index >= 15 is 0 Å². The fraction of sp³-hybridized carbons (Fsp3) is 0.385. The van der Waals surface area contributed by atoms with E-state index in [1.54, 1.807) is 23.0 Å². The van der Waals surface area contributed by atoms with E-state index in [0.717, 1.165) is 41.0 Å². The number of hydrogen-bond donors (Lipinski definition) is 2. The number of aromatic nitrogens is 2. The average Bonchev–Trinajstić information content (AvgIpc) is 3.22. The highest BCUT2D eigenvalue weighted by molar-refractivity contribution is 5.77. The Hall–Kier alpha value is -3.32. The molecule has 5 rings (SSSR count). The lowest BCUT2D eigenvalue weighted by molar-refractivity contribution is -0.123. The molecule has 1 spiro atoms. The summed E-state index contributed by atoms with van der Waals surface area (Å²) in [4.78, 5) is 13.0. The molecule has 0 radical (unpaired) electrons. The number of hydrogen-bond acceptors (Lipinski definition) is 5. The first-order valence-corrected chi connectivity index (χ1v) is 11.5. The Morgan fingerprint density at radius 2 is 2.00 bits per heavy atom. The number of fused-ring (bicyclic) bond motifs is 1. The van der Waals surface area contributed by atoms with Gasteiger partial charge >= 0.3 is 0 Å². The molecule has 1 amide bonds. The first-order valence-electron chi connectivity index (χ1n) is 11.5. The van der Waals surface area contributed by atoms with Crippen molar-refractivity contribution in [3.8, 4) is 22.6 Å². The summed E-state index contributed by atoms with van der Waals surface area (Å²) in [5.41, 5.74) is 3.58. The number of aromatic hydroxyl groups is 1. The van der Waals surface area contributed by atoms with Gasteiger partial charge in [0, 0.05) is 50.2 Å². The van der Waals surface area contributed by atoms with Gasteiger partial charge in [-0.15, -0.1) is 0 Å². The summed E-state index contributed by atoms with van der Waals surface area (Å²) in [7, 11) is 1.89. The largest absolute Gasteiger partial charge is 0.508 e. The normalized spacial score (nSPS) is 19.0. The van der Waals surface area contributed by atoms with E-state index in [2.05, 4.69) is 16.5 Å². The molecule has 0 bridgehead atoms. The molecule has 33 heavy (non-hydrogen) atoms. The highest BCUT2D eigenvalue weighted by Gasteiger charge is 2.42. The fourth-order valence-corrected chi connectivity index (χ4v) is 4.87. The summed E-state index contributed by atoms with van der Waals surface area (Å²) in [5.74, 6) is 1.05. The highest BCUT2D eigenvalue weighted by atomic mass is 16.5. The van der Waals surface area contributed by atoms with Crippen molar-refractivity contribution in [1.29, 1.82) is 0 Å².